The Morgan fingerprint density at radius 1 is 1.28 bits per heavy atom. The van der Waals surface area contributed by atoms with E-state index in [2.05, 4.69) is 26.0 Å². The van der Waals surface area contributed by atoms with Crippen molar-refractivity contribution < 1.29 is 18.5 Å². The lowest BCUT2D eigenvalue weighted by Gasteiger charge is -2.24. The fraction of sp³-hybridized carbons (Fsp3) is 0.529. The van der Waals surface area contributed by atoms with E-state index in [-0.39, 0.29) is 5.92 Å². The van der Waals surface area contributed by atoms with Crippen LogP contribution >= 0.6 is 15.9 Å². The van der Waals surface area contributed by atoms with E-state index in [1.807, 2.05) is 13.8 Å². The van der Waals surface area contributed by atoms with Crippen LogP contribution in [-0.4, -0.2) is 27.9 Å². The van der Waals surface area contributed by atoms with Gasteiger partial charge in [-0.05, 0) is 51.3 Å². The third kappa shape index (κ3) is 8.49. The Morgan fingerprint density at radius 3 is 2.44 bits per heavy atom. The van der Waals surface area contributed by atoms with E-state index in [0.29, 0.717) is 11.3 Å². The van der Waals surface area contributed by atoms with Crippen molar-refractivity contribution >= 4 is 38.9 Å². The first-order chi connectivity index (χ1) is 11.5. The molecular weight excluding hydrogens is 408 g/mol. The molecule has 0 aromatic heterocycles. The van der Waals surface area contributed by atoms with Crippen molar-refractivity contribution in [1.29, 1.82) is 0 Å². The van der Waals surface area contributed by atoms with Gasteiger partial charge in [-0.25, -0.2) is 9.00 Å². The molecular formula is C17H25BrN2O4S. The van der Waals surface area contributed by atoms with Gasteiger partial charge in [0.2, 0.25) is 0 Å². The number of alkyl carbamates (subject to hydrolysis) is 1. The minimum absolute atomic E-state index is 0.157. The first-order valence-electron chi connectivity index (χ1n) is 7.95. The summed E-state index contributed by atoms with van der Waals surface area (Å²) in [5, 5.41) is 2.56. The molecule has 2 amide bonds. The normalized spacial score (nSPS) is 13.9. The molecule has 0 fully saturated rings. The first kappa shape index (κ1) is 21.6. The van der Waals surface area contributed by atoms with Crippen LogP contribution in [0.3, 0.4) is 0 Å². The van der Waals surface area contributed by atoms with Crippen molar-refractivity contribution in [3.8, 4) is 0 Å². The molecule has 2 N–H and O–H groups in total. The smallest absolute Gasteiger partial charge is 0.408 e. The molecule has 140 valence electrons. The molecule has 0 aliphatic heterocycles. The van der Waals surface area contributed by atoms with Crippen LogP contribution in [-0.2, 0) is 20.5 Å². The van der Waals surface area contributed by atoms with Crippen LogP contribution in [0.25, 0.3) is 0 Å². The molecule has 1 unspecified atom stereocenters. The summed E-state index contributed by atoms with van der Waals surface area (Å²) in [6.07, 6.45) is -0.276. The number of halogens is 1. The second-order valence-corrected chi connectivity index (χ2v) is 9.15. The Morgan fingerprint density at radius 2 is 1.92 bits per heavy atom. The van der Waals surface area contributed by atoms with E-state index in [0.717, 1.165) is 4.47 Å². The van der Waals surface area contributed by atoms with Crippen LogP contribution < -0.4 is 10.0 Å². The minimum atomic E-state index is -1.71. The van der Waals surface area contributed by atoms with Gasteiger partial charge in [0.05, 0.1) is 4.90 Å². The van der Waals surface area contributed by atoms with Gasteiger partial charge < -0.3 is 10.1 Å². The quantitative estimate of drug-likeness (QED) is 0.719. The largest absolute Gasteiger partial charge is 0.444 e. The predicted molar refractivity (Wildman–Crippen MR) is 101 cm³/mol. The van der Waals surface area contributed by atoms with Crippen molar-refractivity contribution in [3.63, 3.8) is 0 Å². The van der Waals surface area contributed by atoms with E-state index in [1.165, 1.54) is 0 Å². The highest BCUT2D eigenvalue weighted by atomic mass is 79.9. The summed E-state index contributed by atoms with van der Waals surface area (Å²) in [4.78, 5) is 24.9. The van der Waals surface area contributed by atoms with Gasteiger partial charge in [0.15, 0.2) is 11.0 Å². The zero-order valence-electron chi connectivity index (χ0n) is 15.1. The number of carbonyl (C=O) groups excluding carboxylic acids is 2. The van der Waals surface area contributed by atoms with Crippen LogP contribution in [0.5, 0.6) is 0 Å². The highest BCUT2D eigenvalue weighted by molar-refractivity contribution is 9.10. The lowest BCUT2D eigenvalue weighted by Crippen LogP contribution is -2.49. The van der Waals surface area contributed by atoms with Crippen LogP contribution in [0.4, 0.5) is 4.79 Å². The molecule has 25 heavy (non-hydrogen) atoms. The standard InChI is InChI=1S/C17H25BrN2O4S/c1-11(2)9-14(19-16(22)24-17(3,4)5)15(21)20-25(23)13-8-6-7-12(18)10-13/h6-8,10-11,14H,9H2,1-5H3,(H,19,22)(H,20,21)/t14-,25?/m0/s1. The van der Waals surface area contributed by atoms with E-state index >= 15 is 0 Å². The fourth-order valence-electron chi connectivity index (χ4n) is 1.96. The van der Waals surface area contributed by atoms with Crippen molar-refractivity contribution in [2.45, 2.75) is 57.6 Å². The molecule has 0 radical (unpaired) electrons. The molecule has 6 nitrogen and oxygen atoms in total. The lowest BCUT2D eigenvalue weighted by molar-refractivity contribution is -0.121. The zero-order chi connectivity index (χ0) is 19.2. The number of hydrogen-bond donors (Lipinski definition) is 2. The number of nitrogens with one attached hydrogen (secondary N) is 2. The topological polar surface area (TPSA) is 84.5 Å². The monoisotopic (exact) mass is 432 g/mol. The third-order valence-corrected chi connectivity index (χ3v) is 4.48. The van der Waals surface area contributed by atoms with Crippen molar-refractivity contribution in [2.75, 3.05) is 0 Å². The van der Waals surface area contributed by atoms with Gasteiger partial charge in [-0.15, -0.1) is 0 Å². The molecule has 0 saturated heterocycles. The van der Waals surface area contributed by atoms with Gasteiger partial charge >= 0.3 is 6.09 Å². The van der Waals surface area contributed by atoms with Gasteiger partial charge in [0.1, 0.15) is 11.6 Å². The van der Waals surface area contributed by atoms with Crippen LogP contribution in [0.15, 0.2) is 33.6 Å². The molecule has 0 spiro atoms. The molecule has 0 saturated carbocycles. The third-order valence-electron chi connectivity index (χ3n) is 2.92. The van der Waals surface area contributed by atoms with E-state index in [4.69, 9.17) is 4.74 Å². The summed E-state index contributed by atoms with van der Waals surface area (Å²) in [7, 11) is -1.71. The van der Waals surface area contributed by atoms with Gasteiger partial charge in [-0.2, -0.15) is 0 Å². The first-order valence-corrected chi connectivity index (χ1v) is 9.89. The predicted octanol–water partition coefficient (Wildman–Crippen LogP) is 3.53. The Hall–Kier alpha value is -1.41. The summed E-state index contributed by atoms with van der Waals surface area (Å²) in [5.74, 6) is -0.358. The molecule has 1 rings (SSSR count). The average molecular weight is 433 g/mol. The lowest BCUT2D eigenvalue weighted by atomic mass is 10.0. The summed E-state index contributed by atoms with van der Waals surface area (Å²) in [5.41, 5.74) is -0.665. The maximum atomic E-state index is 12.5. The maximum absolute atomic E-state index is 12.5. The second-order valence-electron chi connectivity index (χ2n) is 7.02. The Labute approximate surface area is 159 Å². The highest BCUT2D eigenvalue weighted by Gasteiger charge is 2.26. The molecule has 2 atom stereocenters. The number of amides is 2. The Kier molecular flexibility index (Phi) is 8.08. The van der Waals surface area contributed by atoms with Crippen LogP contribution in [0.2, 0.25) is 0 Å². The zero-order valence-corrected chi connectivity index (χ0v) is 17.5. The van der Waals surface area contributed by atoms with Crippen molar-refractivity contribution in [3.05, 3.63) is 28.7 Å². The fourth-order valence-corrected chi connectivity index (χ4v) is 3.39. The summed E-state index contributed by atoms with van der Waals surface area (Å²) in [6.45, 7) is 9.09. The maximum Gasteiger partial charge on any atom is 0.408 e. The van der Waals surface area contributed by atoms with Crippen LogP contribution in [0, 0.1) is 5.92 Å². The SMILES string of the molecule is CC(C)C[C@H](NC(=O)OC(C)(C)C)C(=O)NS(=O)c1cccc(Br)c1. The van der Waals surface area contributed by atoms with Crippen molar-refractivity contribution in [1.82, 2.24) is 10.0 Å². The molecule has 0 bridgehead atoms. The minimum Gasteiger partial charge on any atom is -0.444 e. The highest BCUT2D eigenvalue weighted by Crippen LogP contribution is 2.14. The van der Waals surface area contributed by atoms with E-state index in [1.54, 1.807) is 45.0 Å². The van der Waals surface area contributed by atoms with Crippen LogP contribution in [0.1, 0.15) is 41.0 Å². The van der Waals surface area contributed by atoms with Gasteiger partial charge in [-0.3, -0.25) is 9.52 Å². The number of rotatable bonds is 6. The van der Waals surface area contributed by atoms with Gasteiger partial charge in [0.25, 0.3) is 5.91 Å². The Balaban J connectivity index is 2.79. The molecule has 0 heterocycles. The number of hydrogen-bond acceptors (Lipinski definition) is 4. The number of benzene rings is 1. The Bertz CT molecular complexity index is 644. The van der Waals surface area contributed by atoms with Gasteiger partial charge in [0, 0.05) is 4.47 Å². The molecule has 0 aliphatic carbocycles. The molecule has 1 aromatic rings. The van der Waals surface area contributed by atoms with E-state index in [9.17, 15) is 13.8 Å². The average Bonchev–Trinajstić information content (AvgIpc) is 2.43. The number of carbonyl (C=O) groups is 2. The molecule has 0 aliphatic rings. The van der Waals surface area contributed by atoms with Crippen molar-refractivity contribution in [2.24, 2.45) is 5.92 Å². The van der Waals surface area contributed by atoms with E-state index < -0.39 is 34.6 Å². The molecule has 1 aromatic carbocycles. The number of ether oxygens (including phenoxy) is 1. The molecule has 8 heteroatoms. The van der Waals surface area contributed by atoms with Gasteiger partial charge in [-0.1, -0.05) is 35.8 Å². The summed E-state index contributed by atoms with van der Waals surface area (Å²) >= 11 is 3.30. The summed E-state index contributed by atoms with van der Waals surface area (Å²) in [6, 6.07) is 6.02. The second kappa shape index (κ2) is 9.33. The summed E-state index contributed by atoms with van der Waals surface area (Å²) < 4.78 is 20.7.